The van der Waals surface area contributed by atoms with Gasteiger partial charge in [-0.2, -0.15) is 0 Å². The van der Waals surface area contributed by atoms with Gasteiger partial charge in [0.2, 0.25) is 0 Å². The van der Waals surface area contributed by atoms with E-state index in [0.29, 0.717) is 24.5 Å². The van der Waals surface area contributed by atoms with Gasteiger partial charge in [0.15, 0.2) is 6.29 Å². The van der Waals surface area contributed by atoms with E-state index in [1.54, 1.807) is 14.0 Å². The molecule has 0 unspecified atom stereocenters. The predicted molar refractivity (Wildman–Crippen MR) is 145 cm³/mol. The van der Waals surface area contributed by atoms with Gasteiger partial charge in [0.05, 0.1) is 25.4 Å². The average Bonchev–Trinajstić information content (AvgIpc) is 2.87. The molecular formula is C30H36O6Si. The average molecular weight is 521 g/mol. The lowest BCUT2D eigenvalue weighted by Crippen LogP contribution is -2.66. The first-order valence-corrected chi connectivity index (χ1v) is 14.7. The number of aliphatic hydroxyl groups is 2. The van der Waals surface area contributed by atoms with Crippen LogP contribution in [0.2, 0.25) is 5.04 Å². The van der Waals surface area contributed by atoms with Gasteiger partial charge in [0.25, 0.3) is 8.32 Å². The smallest absolute Gasteiger partial charge is 0.261 e. The predicted octanol–water partition coefficient (Wildman–Crippen LogP) is 4.06. The first-order chi connectivity index (χ1) is 17.6. The molecule has 0 amide bonds. The van der Waals surface area contributed by atoms with Gasteiger partial charge in [-0.15, -0.1) is 0 Å². The minimum atomic E-state index is -2.73. The summed E-state index contributed by atoms with van der Waals surface area (Å²) in [6.07, 6.45) is -2.49. The molecule has 3 aromatic rings. The standard InChI is InChI=1S/C30H36O6Si/c1-29(2,3)37(21-12-8-6-9-13-21,22-14-10-7-11-15-22)34-19-20-16-23(33-5)26-24(17-20)36-30(4)18-25(26)35-28(32)27(30)31/h6-17,25,27-28,31-32H,18-19H2,1-5H3/t25-,27-,28-,30-/m1/s1. The highest BCUT2D eigenvalue weighted by Crippen LogP contribution is 2.51. The van der Waals surface area contributed by atoms with Crippen molar-refractivity contribution in [2.24, 2.45) is 0 Å². The summed E-state index contributed by atoms with van der Waals surface area (Å²) in [6, 6.07) is 25.0. The van der Waals surface area contributed by atoms with E-state index in [0.717, 1.165) is 11.1 Å². The van der Waals surface area contributed by atoms with E-state index < -0.39 is 32.4 Å². The minimum absolute atomic E-state index is 0.150. The van der Waals surface area contributed by atoms with Gasteiger partial charge < -0.3 is 28.8 Å². The van der Waals surface area contributed by atoms with Crippen molar-refractivity contribution in [2.75, 3.05) is 7.11 Å². The fourth-order valence-electron chi connectivity index (χ4n) is 5.87. The Morgan fingerprint density at radius 3 is 2.11 bits per heavy atom. The van der Waals surface area contributed by atoms with Crippen LogP contribution in [0.3, 0.4) is 0 Å². The molecule has 7 heteroatoms. The summed E-state index contributed by atoms with van der Waals surface area (Å²) in [4.78, 5) is 0. The summed E-state index contributed by atoms with van der Waals surface area (Å²) in [5.74, 6) is 1.21. The number of fused-ring (bicyclic) bond motifs is 4. The Bertz CT molecular complexity index is 1200. The van der Waals surface area contributed by atoms with Crippen LogP contribution in [-0.4, -0.2) is 43.6 Å². The van der Waals surface area contributed by atoms with Crippen molar-refractivity contribution in [3.8, 4) is 11.5 Å². The number of aliphatic hydroxyl groups excluding tert-OH is 2. The zero-order valence-electron chi connectivity index (χ0n) is 22.1. The third-order valence-corrected chi connectivity index (χ3v) is 12.7. The van der Waals surface area contributed by atoms with Crippen LogP contribution in [-0.2, 0) is 15.8 Å². The highest BCUT2D eigenvalue weighted by molar-refractivity contribution is 6.99. The summed E-state index contributed by atoms with van der Waals surface area (Å²) in [5, 5.41) is 23.1. The molecule has 4 atom stereocenters. The second-order valence-electron chi connectivity index (χ2n) is 11.2. The molecule has 6 nitrogen and oxygen atoms in total. The van der Waals surface area contributed by atoms with Crippen LogP contribution in [0.4, 0.5) is 0 Å². The van der Waals surface area contributed by atoms with E-state index in [4.69, 9.17) is 18.6 Å². The lowest BCUT2D eigenvalue weighted by Gasteiger charge is -2.48. The lowest BCUT2D eigenvalue weighted by atomic mass is 9.82. The number of methoxy groups -OCH3 is 1. The molecule has 196 valence electrons. The maximum absolute atomic E-state index is 10.6. The zero-order valence-corrected chi connectivity index (χ0v) is 23.1. The molecule has 0 spiro atoms. The highest BCUT2D eigenvalue weighted by atomic mass is 28.4. The Labute approximate surface area is 219 Å². The zero-order chi connectivity index (χ0) is 26.4. The molecule has 2 N–H and O–H groups in total. The van der Waals surface area contributed by atoms with Crippen LogP contribution in [0.25, 0.3) is 0 Å². The molecule has 0 aliphatic carbocycles. The molecule has 37 heavy (non-hydrogen) atoms. The van der Waals surface area contributed by atoms with E-state index in [9.17, 15) is 10.2 Å². The van der Waals surface area contributed by atoms with Crippen LogP contribution in [0, 0.1) is 0 Å². The van der Waals surface area contributed by atoms with E-state index in [1.807, 2.05) is 24.3 Å². The first kappa shape index (κ1) is 25.9. The third kappa shape index (κ3) is 4.39. The first-order valence-electron chi connectivity index (χ1n) is 12.8. The number of hydrogen-bond acceptors (Lipinski definition) is 6. The maximum atomic E-state index is 10.6. The summed E-state index contributed by atoms with van der Waals surface area (Å²) < 4.78 is 24.9. The second-order valence-corrected chi connectivity index (χ2v) is 15.5. The van der Waals surface area contributed by atoms with Crippen LogP contribution in [0.5, 0.6) is 11.5 Å². The normalized spacial score (nSPS) is 25.2. The molecule has 0 saturated carbocycles. The fraction of sp³-hybridized carbons (Fsp3) is 0.400. The van der Waals surface area contributed by atoms with Crippen molar-refractivity contribution in [3.05, 3.63) is 83.9 Å². The molecular weight excluding hydrogens is 484 g/mol. The quantitative estimate of drug-likeness (QED) is 0.478. The van der Waals surface area contributed by atoms with Crippen molar-refractivity contribution in [2.45, 2.75) is 69.9 Å². The monoisotopic (exact) mass is 520 g/mol. The SMILES string of the molecule is COc1cc(CO[Si](c2ccccc2)(c2ccccc2)C(C)(C)C)cc2c1[C@H]1C[C@@](C)(O2)[C@H](O)[C@H](O)O1. The number of hydrogen-bond donors (Lipinski definition) is 2. The summed E-state index contributed by atoms with van der Waals surface area (Å²) in [6.45, 7) is 8.91. The van der Waals surface area contributed by atoms with Crippen LogP contribution in [0.1, 0.15) is 51.3 Å². The molecule has 2 bridgehead atoms. The Morgan fingerprint density at radius 2 is 1.57 bits per heavy atom. The summed E-state index contributed by atoms with van der Waals surface area (Å²) in [7, 11) is -1.12. The Hall–Kier alpha value is -2.68. The van der Waals surface area contributed by atoms with Crippen LogP contribution in [0.15, 0.2) is 72.8 Å². The Balaban J connectivity index is 1.57. The Morgan fingerprint density at radius 1 is 0.973 bits per heavy atom. The largest absolute Gasteiger partial charge is 0.496 e. The molecule has 5 rings (SSSR count). The van der Waals surface area contributed by atoms with Gasteiger partial charge >= 0.3 is 0 Å². The maximum Gasteiger partial charge on any atom is 0.261 e. The van der Waals surface area contributed by atoms with Crippen molar-refractivity contribution in [3.63, 3.8) is 0 Å². The topological polar surface area (TPSA) is 77.4 Å². The van der Waals surface area contributed by atoms with E-state index in [-0.39, 0.29) is 5.04 Å². The lowest BCUT2D eigenvalue weighted by molar-refractivity contribution is -0.279. The van der Waals surface area contributed by atoms with Gasteiger partial charge in [-0.05, 0) is 40.0 Å². The van der Waals surface area contributed by atoms with Gasteiger partial charge in [-0.25, -0.2) is 0 Å². The van der Waals surface area contributed by atoms with Crippen molar-refractivity contribution >= 4 is 18.7 Å². The van der Waals surface area contributed by atoms with Crippen LogP contribution >= 0.6 is 0 Å². The highest BCUT2D eigenvalue weighted by Gasteiger charge is 2.53. The number of rotatable bonds is 6. The number of benzene rings is 3. The van der Waals surface area contributed by atoms with Crippen LogP contribution < -0.4 is 19.8 Å². The van der Waals surface area contributed by atoms with E-state index in [1.165, 1.54) is 10.4 Å². The van der Waals surface area contributed by atoms with Crippen molar-refractivity contribution < 1.29 is 28.8 Å². The summed E-state index contributed by atoms with van der Waals surface area (Å²) >= 11 is 0. The second kappa shape index (κ2) is 9.56. The molecule has 3 aromatic carbocycles. The van der Waals surface area contributed by atoms with Crippen molar-refractivity contribution in [1.29, 1.82) is 0 Å². The van der Waals surface area contributed by atoms with E-state index >= 15 is 0 Å². The number of ether oxygens (including phenoxy) is 3. The van der Waals surface area contributed by atoms with E-state index in [2.05, 4.69) is 69.3 Å². The molecule has 1 saturated heterocycles. The molecule has 2 aliphatic rings. The molecule has 2 heterocycles. The molecule has 2 aliphatic heterocycles. The fourth-order valence-corrected chi connectivity index (χ4v) is 10.4. The molecule has 1 fully saturated rings. The van der Waals surface area contributed by atoms with Gasteiger partial charge in [-0.1, -0.05) is 81.4 Å². The molecule has 0 radical (unpaired) electrons. The summed E-state index contributed by atoms with van der Waals surface area (Å²) in [5.41, 5.74) is 0.694. The third-order valence-electron chi connectivity index (χ3n) is 7.71. The van der Waals surface area contributed by atoms with Gasteiger partial charge in [0.1, 0.15) is 23.2 Å². The van der Waals surface area contributed by atoms with Gasteiger partial charge in [-0.3, -0.25) is 0 Å². The molecule has 0 aromatic heterocycles. The van der Waals surface area contributed by atoms with Crippen molar-refractivity contribution in [1.82, 2.24) is 0 Å². The minimum Gasteiger partial charge on any atom is -0.496 e. The van der Waals surface area contributed by atoms with Gasteiger partial charge in [0, 0.05) is 6.42 Å². The Kier molecular flexibility index (Phi) is 6.71.